The van der Waals surface area contributed by atoms with Crippen LogP contribution >= 0.6 is 0 Å². The standard InChI is InChI=1S/C56H70N2O12SSi/c1-40(2)72(41(3)4,42(5)6)69-38-55(36-59,37-67-56(46-19-15-12-16-20-46,47-23-27-49(64-9)28-24-47)48-25-29-50(65-10)30-26-48)70-52(35-68-71(62,63)51-31-21-43(7)22-32-51)57-33-44(8)53(60)58(54(57)61)39-66-34-45-17-13-11-14-18-45/h11-33,40-42,52,59H,34-39H2,1-10H3/t52-,55+/m1/s1. The number of methoxy groups -OCH3 is 2. The van der Waals surface area contributed by atoms with Gasteiger partial charge in [-0.05, 0) is 89.1 Å². The maximum absolute atomic E-state index is 14.8. The Morgan fingerprint density at radius 2 is 1.18 bits per heavy atom. The highest BCUT2D eigenvalue weighted by Gasteiger charge is 2.49. The molecule has 14 nitrogen and oxygen atoms in total. The highest BCUT2D eigenvalue weighted by atomic mass is 32.2. The van der Waals surface area contributed by atoms with Crippen LogP contribution in [0.2, 0.25) is 16.6 Å². The number of benzene rings is 5. The first-order valence-electron chi connectivity index (χ1n) is 24.2. The maximum atomic E-state index is 14.8. The van der Waals surface area contributed by atoms with Gasteiger partial charge in [0.15, 0.2) is 14.5 Å². The van der Waals surface area contributed by atoms with Crippen molar-refractivity contribution in [3.63, 3.8) is 0 Å². The molecule has 0 fully saturated rings. The monoisotopic (exact) mass is 1020 g/mol. The zero-order valence-corrected chi connectivity index (χ0v) is 44.9. The number of hydrogen-bond acceptors (Lipinski definition) is 12. The molecule has 1 heterocycles. The molecule has 6 rings (SSSR count). The van der Waals surface area contributed by atoms with Crippen LogP contribution in [0.5, 0.6) is 11.5 Å². The van der Waals surface area contributed by atoms with Crippen LogP contribution in [-0.4, -0.2) is 77.2 Å². The smallest absolute Gasteiger partial charge is 0.335 e. The predicted molar refractivity (Wildman–Crippen MR) is 280 cm³/mol. The van der Waals surface area contributed by atoms with Crippen molar-refractivity contribution in [3.05, 3.63) is 194 Å². The van der Waals surface area contributed by atoms with Crippen molar-refractivity contribution in [3.8, 4) is 11.5 Å². The molecule has 0 aliphatic rings. The fourth-order valence-corrected chi connectivity index (χ4v) is 16.0. The molecule has 0 saturated heterocycles. The zero-order chi connectivity index (χ0) is 52.3. The van der Waals surface area contributed by atoms with Gasteiger partial charge in [0.2, 0.25) is 0 Å². The fourth-order valence-electron chi connectivity index (χ4n) is 9.60. The second-order valence-electron chi connectivity index (χ2n) is 19.1. The average molecular weight is 1020 g/mol. The summed E-state index contributed by atoms with van der Waals surface area (Å²) < 4.78 is 74.8. The van der Waals surface area contributed by atoms with Gasteiger partial charge in [0, 0.05) is 11.8 Å². The minimum atomic E-state index is -4.48. The number of aliphatic hydroxyl groups is 1. The summed E-state index contributed by atoms with van der Waals surface area (Å²) in [6, 6.07) is 40.0. The van der Waals surface area contributed by atoms with Gasteiger partial charge in [0.1, 0.15) is 36.0 Å². The Bertz CT molecular complexity index is 2820. The van der Waals surface area contributed by atoms with Gasteiger partial charge in [0.05, 0.1) is 45.5 Å². The van der Waals surface area contributed by atoms with Crippen molar-refractivity contribution in [2.75, 3.05) is 40.6 Å². The van der Waals surface area contributed by atoms with E-state index < -0.39 is 73.7 Å². The molecule has 0 saturated carbocycles. The molecule has 0 aliphatic heterocycles. The molecule has 6 aromatic rings. The van der Waals surface area contributed by atoms with E-state index >= 15 is 0 Å². The summed E-state index contributed by atoms with van der Waals surface area (Å²) in [6.07, 6.45) is -0.328. The molecular weight excluding hydrogens is 953 g/mol. The van der Waals surface area contributed by atoms with Crippen molar-refractivity contribution in [1.82, 2.24) is 9.13 Å². The van der Waals surface area contributed by atoms with Crippen LogP contribution in [0.25, 0.3) is 0 Å². The van der Waals surface area contributed by atoms with Crippen LogP contribution in [0.15, 0.2) is 154 Å². The number of rotatable bonds is 26. The van der Waals surface area contributed by atoms with Gasteiger partial charge < -0.3 is 33.2 Å². The molecule has 1 aromatic heterocycles. The van der Waals surface area contributed by atoms with E-state index in [0.717, 1.165) is 25.8 Å². The fraction of sp³-hybridized carbons (Fsp3) is 0.393. The van der Waals surface area contributed by atoms with Gasteiger partial charge >= 0.3 is 5.69 Å². The lowest BCUT2D eigenvalue weighted by molar-refractivity contribution is -0.210. The molecule has 386 valence electrons. The van der Waals surface area contributed by atoms with E-state index in [1.54, 1.807) is 26.4 Å². The first-order chi connectivity index (χ1) is 34.4. The largest absolute Gasteiger partial charge is 0.497 e. The Kier molecular flexibility index (Phi) is 18.8. The second kappa shape index (κ2) is 24.4. The minimum Gasteiger partial charge on any atom is -0.497 e. The lowest BCUT2D eigenvalue weighted by Gasteiger charge is -2.46. The first-order valence-corrected chi connectivity index (χ1v) is 27.7. The van der Waals surface area contributed by atoms with Gasteiger partial charge in [-0.25, -0.2) is 9.36 Å². The molecule has 16 heteroatoms. The normalized spacial score (nSPS) is 13.6. The molecule has 0 unspecified atom stereocenters. The lowest BCUT2D eigenvalue weighted by atomic mass is 9.79. The summed E-state index contributed by atoms with van der Waals surface area (Å²) in [5.41, 5.74) is -0.584. The first kappa shape index (κ1) is 55.6. The van der Waals surface area contributed by atoms with Gasteiger partial charge in [-0.2, -0.15) is 8.42 Å². The summed E-state index contributed by atoms with van der Waals surface area (Å²) >= 11 is 0. The molecule has 72 heavy (non-hydrogen) atoms. The Morgan fingerprint density at radius 3 is 1.68 bits per heavy atom. The van der Waals surface area contributed by atoms with Crippen molar-refractivity contribution in [2.45, 2.75) is 108 Å². The van der Waals surface area contributed by atoms with Gasteiger partial charge in [-0.3, -0.25) is 13.5 Å². The van der Waals surface area contributed by atoms with Gasteiger partial charge in [0.25, 0.3) is 15.7 Å². The average Bonchev–Trinajstić information content (AvgIpc) is 3.38. The van der Waals surface area contributed by atoms with Crippen LogP contribution in [0, 0.1) is 13.8 Å². The quantitative estimate of drug-likeness (QED) is 0.0312. The minimum absolute atomic E-state index is 0.0968. The van der Waals surface area contributed by atoms with Crippen LogP contribution < -0.4 is 20.7 Å². The SMILES string of the molecule is COc1ccc(C(OC[C@@](CO)(CO[Si](C(C)C)(C(C)C)C(C)C)O[C@H](COS(=O)(=O)c2ccc(C)cc2)n2cc(C)c(=O)n(COCc3ccccc3)c2=O)(c2ccccc2)c2ccc(OC)cc2)cc1. The van der Waals surface area contributed by atoms with Gasteiger partial charge in [-0.15, -0.1) is 0 Å². The van der Waals surface area contributed by atoms with E-state index in [4.69, 9.17) is 32.3 Å². The molecule has 5 aromatic carbocycles. The molecule has 2 atom stereocenters. The summed E-state index contributed by atoms with van der Waals surface area (Å²) in [4.78, 5) is 28.5. The number of aromatic nitrogens is 2. The third-order valence-electron chi connectivity index (χ3n) is 13.4. The Morgan fingerprint density at radius 1 is 0.667 bits per heavy atom. The highest BCUT2D eigenvalue weighted by molar-refractivity contribution is 7.86. The van der Waals surface area contributed by atoms with E-state index in [-0.39, 0.29) is 40.3 Å². The van der Waals surface area contributed by atoms with Gasteiger partial charge in [-0.1, -0.05) is 144 Å². The number of nitrogens with zero attached hydrogens (tertiary/aromatic N) is 2. The number of aliphatic hydroxyl groups excluding tert-OH is 1. The van der Waals surface area contributed by atoms with Crippen LogP contribution in [0.4, 0.5) is 0 Å². The number of ether oxygens (including phenoxy) is 5. The van der Waals surface area contributed by atoms with Crippen molar-refractivity contribution in [1.29, 1.82) is 0 Å². The molecule has 0 aliphatic carbocycles. The van der Waals surface area contributed by atoms with E-state index in [1.807, 2.05) is 116 Å². The maximum Gasteiger partial charge on any atom is 0.335 e. The molecule has 0 amide bonds. The van der Waals surface area contributed by atoms with E-state index in [2.05, 4.69) is 41.5 Å². The van der Waals surface area contributed by atoms with Crippen molar-refractivity contribution >= 4 is 18.4 Å². The van der Waals surface area contributed by atoms with E-state index in [9.17, 15) is 23.1 Å². The topological polar surface area (TPSA) is 163 Å². The van der Waals surface area contributed by atoms with Crippen molar-refractivity contribution < 1.29 is 45.8 Å². The van der Waals surface area contributed by atoms with Crippen molar-refractivity contribution in [2.24, 2.45) is 0 Å². The van der Waals surface area contributed by atoms with E-state index in [0.29, 0.717) is 22.6 Å². The number of hydrogen-bond donors (Lipinski definition) is 1. The highest BCUT2D eigenvalue weighted by Crippen LogP contribution is 2.45. The van der Waals surface area contributed by atoms with E-state index in [1.165, 1.54) is 25.3 Å². The Balaban J connectivity index is 1.56. The zero-order valence-electron chi connectivity index (χ0n) is 43.1. The summed E-state index contributed by atoms with van der Waals surface area (Å²) in [5.74, 6) is 1.23. The third-order valence-corrected chi connectivity index (χ3v) is 20.7. The molecular formula is C56H70N2O12SSi. The van der Waals surface area contributed by atoms with Crippen LogP contribution in [0.3, 0.4) is 0 Å². The molecule has 0 radical (unpaired) electrons. The second-order valence-corrected chi connectivity index (χ2v) is 26.1. The third kappa shape index (κ3) is 12.4. The lowest BCUT2D eigenvalue weighted by Crippen LogP contribution is -2.56. The summed E-state index contributed by atoms with van der Waals surface area (Å²) in [6.45, 7) is 13.7. The van der Waals surface area contributed by atoms with Crippen LogP contribution in [0.1, 0.15) is 81.2 Å². The molecule has 1 N–H and O–H groups in total. The molecule has 0 bridgehead atoms. The Labute approximate surface area is 425 Å². The summed E-state index contributed by atoms with van der Waals surface area (Å²) in [7, 11) is -4.09. The molecule has 0 spiro atoms. The van der Waals surface area contributed by atoms with Crippen LogP contribution in [-0.2, 0) is 51.9 Å². The summed E-state index contributed by atoms with van der Waals surface area (Å²) in [5, 5.41) is 12.1. The predicted octanol–water partition coefficient (Wildman–Crippen LogP) is 9.67. The number of aryl methyl sites for hydroxylation is 2. The Hall–Kier alpha value is -5.69.